The highest BCUT2D eigenvalue weighted by molar-refractivity contribution is 5.76. The van der Waals surface area contributed by atoms with E-state index in [1.54, 1.807) is 12.1 Å². The second-order valence-electron chi connectivity index (χ2n) is 4.28. The molecule has 1 aromatic carbocycles. The molecule has 0 spiro atoms. The molecule has 0 saturated carbocycles. The molecular weight excluding hydrogens is 287 g/mol. The molecule has 1 unspecified atom stereocenters. The molecular formula is C14H10F3NO3. The van der Waals surface area contributed by atoms with Crippen molar-refractivity contribution in [3.05, 3.63) is 53.9 Å². The van der Waals surface area contributed by atoms with Gasteiger partial charge in [0.15, 0.2) is 6.10 Å². The van der Waals surface area contributed by atoms with Crippen molar-refractivity contribution >= 4 is 5.97 Å². The van der Waals surface area contributed by atoms with Crippen LogP contribution in [0.5, 0.6) is 0 Å². The maximum Gasteiger partial charge on any atom is 0.416 e. The molecule has 0 aliphatic heterocycles. The average molecular weight is 297 g/mol. The van der Waals surface area contributed by atoms with Crippen molar-refractivity contribution in [2.24, 2.45) is 0 Å². The third-order valence-electron chi connectivity index (χ3n) is 2.90. The van der Waals surface area contributed by atoms with E-state index in [0.29, 0.717) is 11.1 Å². The van der Waals surface area contributed by atoms with Crippen molar-refractivity contribution in [3.8, 4) is 11.1 Å². The van der Waals surface area contributed by atoms with Crippen molar-refractivity contribution in [2.75, 3.05) is 0 Å². The molecule has 0 radical (unpaired) electrons. The van der Waals surface area contributed by atoms with Gasteiger partial charge in [-0.05, 0) is 35.4 Å². The maximum absolute atomic E-state index is 12.9. The lowest BCUT2D eigenvalue weighted by molar-refractivity contribution is -0.149. The van der Waals surface area contributed by atoms with Crippen molar-refractivity contribution in [2.45, 2.75) is 12.3 Å². The number of rotatable bonds is 3. The van der Waals surface area contributed by atoms with Gasteiger partial charge in [0, 0.05) is 18.0 Å². The van der Waals surface area contributed by atoms with Gasteiger partial charge in [0.2, 0.25) is 0 Å². The first-order chi connectivity index (χ1) is 9.80. The number of hydrogen-bond acceptors (Lipinski definition) is 3. The monoisotopic (exact) mass is 297 g/mol. The number of aromatic nitrogens is 1. The number of nitrogens with zero attached hydrogens (tertiary/aromatic N) is 1. The van der Waals surface area contributed by atoms with E-state index in [-0.39, 0.29) is 0 Å². The normalized spacial score (nSPS) is 13.0. The summed E-state index contributed by atoms with van der Waals surface area (Å²) in [6, 6.07) is 6.14. The number of benzene rings is 1. The molecule has 1 aromatic heterocycles. The first kappa shape index (κ1) is 15.0. The van der Waals surface area contributed by atoms with Crippen LogP contribution in [0.4, 0.5) is 13.2 Å². The molecule has 0 aliphatic rings. The van der Waals surface area contributed by atoms with Gasteiger partial charge in [-0.2, -0.15) is 13.2 Å². The topological polar surface area (TPSA) is 70.4 Å². The molecule has 2 rings (SSSR count). The number of aliphatic carboxylic acids is 1. The molecule has 7 heteroatoms. The summed E-state index contributed by atoms with van der Waals surface area (Å²) in [7, 11) is 0. The number of carboxylic acids is 1. The zero-order chi connectivity index (χ0) is 15.6. The van der Waals surface area contributed by atoms with E-state index in [0.717, 1.165) is 12.1 Å². The highest BCUT2D eigenvalue weighted by Gasteiger charge is 2.36. The third-order valence-corrected chi connectivity index (χ3v) is 2.90. The van der Waals surface area contributed by atoms with E-state index < -0.39 is 29.4 Å². The van der Waals surface area contributed by atoms with Crippen molar-refractivity contribution in [1.29, 1.82) is 0 Å². The van der Waals surface area contributed by atoms with Crippen LogP contribution in [0.15, 0.2) is 42.7 Å². The minimum Gasteiger partial charge on any atom is -0.479 e. The SMILES string of the molecule is O=C(O)C(O)c1cc(-c2ccncc2)ccc1C(F)(F)F. The van der Waals surface area contributed by atoms with Crippen LogP contribution in [0.3, 0.4) is 0 Å². The Balaban J connectivity index is 2.60. The Kier molecular flexibility index (Phi) is 3.95. The van der Waals surface area contributed by atoms with Gasteiger partial charge < -0.3 is 10.2 Å². The third kappa shape index (κ3) is 3.19. The van der Waals surface area contributed by atoms with Crippen molar-refractivity contribution in [1.82, 2.24) is 4.98 Å². The van der Waals surface area contributed by atoms with Crippen LogP contribution in [-0.2, 0) is 11.0 Å². The fourth-order valence-corrected chi connectivity index (χ4v) is 1.90. The highest BCUT2D eigenvalue weighted by atomic mass is 19.4. The fraction of sp³-hybridized carbons (Fsp3) is 0.143. The summed E-state index contributed by atoms with van der Waals surface area (Å²) in [5.74, 6) is -1.74. The van der Waals surface area contributed by atoms with Crippen LogP contribution in [0.1, 0.15) is 17.2 Å². The predicted octanol–water partition coefficient (Wildman–Crippen LogP) is 2.89. The van der Waals surface area contributed by atoms with Gasteiger partial charge in [-0.15, -0.1) is 0 Å². The molecule has 0 bridgehead atoms. The summed E-state index contributed by atoms with van der Waals surface area (Å²) >= 11 is 0. The second-order valence-corrected chi connectivity index (χ2v) is 4.28. The number of hydrogen-bond donors (Lipinski definition) is 2. The van der Waals surface area contributed by atoms with E-state index >= 15 is 0 Å². The number of aliphatic hydroxyl groups excluding tert-OH is 1. The Morgan fingerprint density at radius 2 is 1.71 bits per heavy atom. The summed E-state index contributed by atoms with van der Waals surface area (Å²) in [4.78, 5) is 14.6. The van der Waals surface area contributed by atoms with Crippen molar-refractivity contribution < 1.29 is 28.2 Å². The lowest BCUT2D eigenvalue weighted by Crippen LogP contribution is -2.17. The van der Waals surface area contributed by atoms with Gasteiger partial charge in [0.1, 0.15) is 0 Å². The van der Waals surface area contributed by atoms with Gasteiger partial charge in [-0.3, -0.25) is 4.98 Å². The van der Waals surface area contributed by atoms with Gasteiger partial charge in [-0.1, -0.05) is 6.07 Å². The number of alkyl halides is 3. The summed E-state index contributed by atoms with van der Waals surface area (Å²) in [6.45, 7) is 0. The van der Waals surface area contributed by atoms with Gasteiger partial charge >= 0.3 is 12.1 Å². The highest BCUT2D eigenvalue weighted by Crippen LogP contribution is 2.37. The zero-order valence-corrected chi connectivity index (χ0v) is 10.5. The fourth-order valence-electron chi connectivity index (χ4n) is 1.90. The average Bonchev–Trinajstić information content (AvgIpc) is 2.45. The summed E-state index contributed by atoms with van der Waals surface area (Å²) < 4.78 is 38.7. The number of halogens is 3. The molecule has 0 saturated heterocycles. The van der Waals surface area contributed by atoms with Gasteiger partial charge in [0.05, 0.1) is 5.56 Å². The molecule has 21 heavy (non-hydrogen) atoms. The number of pyridine rings is 1. The van der Waals surface area contributed by atoms with Crippen LogP contribution >= 0.6 is 0 Å². The van der Waals surface area contributed by atoms with E-state index in [1.165, 1.54) is 18.5 Å². The minimum absolute atomic E-state index is 0.362. The Hall–Kier alpha value is -2.41. The van der Waals surface area contributed by atoms with Crippen molar-refractivity contribution in [3.63, 3.8) is 0 Å². The van der Waals surface area contributed by atoms with Crippen LogP contribution in [0.25, 0.3) is 11.1 Å². The Morgan fingerprint density at radius 3 is 2.24 bits per heavy atom. The molecule has 4 nitrogen and oxygen atoms in total. The van der Waals surface area contributed by atoms with E-state index in [1.807, 2.05) is 0 Å². The molecule has 0 aliphatic carbocycles. The van der Waals surface area contributed by atoms with Gasteiger partial charge in [-0.25, -0.2) is 4.79 Å². The first-order valence-corrected chi connectivity index (χ1v) is 5.83. The van der Waals surface area contributed by atoms with Crippen LogP contribution < -0.4 is 0 Å². The number of carbonyl (C=O) groups is 1. The van der Waals surface area contributed by atoms with Gasteiger partial charge in [0.25, 0.3) is 0 Å². The molecule has 1 atom stereocenters. The van der Waals surface area contributed by atoms with E-state index in [9.17, 15) is 23.1 Å². The summed E-state index contributed by atoms with van der Waals surface area (Å²) in [5.41, 5.74) is -0.933. The summed E-state index contributed by atoms with van der Waals surface area (Å²) in [5, 5.41) is 18.3. The van der Waals surface area contributed by atoms with Crippen LogP contribution in [-0.4, -0.2) is 21.2 Å². The van der Waals surface area contributed by atoms with Crippen LogP contribution in [0.2, 0.25) is 0 Å². The van der Waals surface area contributed by atoms with E-state index in [4.69, 9.17) is 5.11 Å². The van der Waals surface area contributed by atoms with E-state index in [2.05, 4.69) is 4.98 Å². The second kappa shape index (κ2) is 5.53. The summed E-state index contributed by atoms with van der Waals surface area (Å²) in [6.07, 6.45) is -4.08. The number of carboxylic acid groups (broad SMARTS) is 1. The first-order valence-electron chi connectivity index (χ1n) is 5.83. The molecule has 110 valence electrons. The Bertz CT molecular complexity index is 656. The van der Waals surface area contributed by atoms with Crippen LogP contribution in [0, 0.1) is 0 Å². The Morgan fingerprint density at radius 1 is 1.10 bits per heavy atom. The smallest absolute Gasteiger partial charge is 0.416 e. The molecule has 0 amide bonds. The molecule has 2 N–H and O–H groups in total. The lowest BCUT2D eigenvalue weighted by Gasteiger charge is -2.16. The molecule has 1 heterocycles. The standard InChI is InChI=1S/C14H10F3NO3/c15-14(16,17)11-2-1-9(8-3-5-18-6-4-8)7-10(11)12(19)13(20)21/h1-7,12,19H,(H,20,21). The number of aliphatic hydroxyl groups is 1. The quantitative estimate of drug-likeness (QED) is 0.914. The Labute approximate surface area is 117 Å². The molecule has 0 fully saturated rings. The zero-order valence-electron chi connectivity index (χ0n) is 10.5. The predicted molar refractivity (Wildman–Crippen MR) is 67.3 cm³/mol. The molecule has 2 aromatic rings. The largest absolute Gasteiger partial charge is 0.479 e. The lowest BCUT2D eigenvalue weighted by atomic mass is 9.96. The minimum atomic E-state index is -4.75. The maximum atomic E-state index is 12.9.